The molecular weight excluding hydrogens is 687 g/mol. The lowest BCUT2D eigenvalue weighted by Gasteiger charge is -2.12. The van der Waals surface area contributed by atoms with E-state index in [0.717, 1.165) is 105 Å². The molecule has 0 spiro atoms. The average Bonchev–Trinajstić information content (AvgIpc) is 3.85. The van der Waals surface area contributed by atoms with E-state index >= 15 is 0 Å². The first kappa shape index (κ1) is 31.9. The van der Waals surface area contributed by atoms with Crippen molar-refractivity contribution >= 4 is 43.9 Å². The molecule has 5 nitrogen and oxygen atoms in total. The van der Waals surface area contributed by atoms with Gasteiger partial charge in [-0.25, -0.2) is 9.97 Å². The summed E-state index contributed by atoms with van der Waals surface area (Å²) in [5, 5.41) is 4.35. The molecule has 0 saturated carbocycles. The Bertz CT molecular complexity index is 3240. The van der Waals surface area contributed by atoms with Crippen LogP contribution in [0.5, 0.6) is 0 Å². The molecule has 0 unspecified atom stereocenters. The molecule has 0 amide bonds. The Morgan fingerprint density at radius 2 is 1.00 bits per heavy atom. The highest BCUT2D eigenvalue weighted by Gasteiger charge is 2.19. The Hall–Kier alpha value is -7.63. The molecule has 0 fully saturated rings. The molecule has 0 aliphatic carbocycles. The summed E-state index contributed by atoms with van der Waals surface area (Å²) < 4.78 is 12.8. The molecule has 5 heteroatoms. The van der Waals surface area contributed by atoms with Crippen molar-refractivity contribution in [2.24, 2.45) is 0 Å². The molecule has 4 heterocycles. The second-order valence-corrected chi connectivity index (χ2v) is 14.0. The molecule has 0 saturated heterocycles. The SMILES string of the molecule is c1ccc(-c2cc(-c3cccc(-c4cccnc4)c3)nc(-c3ccc(-c4ccc(-c5ccc6oc7ccccc7c6c5)c5oc6ccccc6c45)cc3)n2)cc1. The van der Waals surface area contributed by atoms with E-state index in [2.05, 4.69) is 132 Å². The summed E-state index contributed by atoms with van der Waals surface area (Å²) in [5.74, 6) is 0.663. The predicted octanol–water partition coefficient (Wildman–Crippen LogP) is 13.7. The van der Waals surface area contributed by atoms with Gasteiger partial charge >= 0.3 is 0 Å². The molecule has 56 heavy (non-hydrogen) atoms. The van der Waals surface area contributed by atoms with Gasteiger partial charge in [-0.15, -0.1) is 0 Å². The third-order valence-electron chi connectivity index (χ3n) is 10.6. The van der Waals surface area contributed by atoms with E-state index in [-0.39, 0.29) is 0 Å². The van der Waals surface area contributed by atoms with Crippen LogP contribution in [0.15, 0.2) is 197 Å². The quantitative estimate of drug-likeness (QED) is 0.171. The number of benzene rings is 7. The van der Waals surface area contributed by atoms with Crippen LogP contribution in [0, 0.1) is 0 Å². The first-order valence-corrected chi connectivity index (χ1v) is 18.7. The number of para-hydroxylation sites is 2. The van der Waals surface area contributed by atoms with Crippen LogP contribution < -0.4 is 0 Å². The number of pyridine rings is 1. The number of fused-ring (bicyclic) bond motifs is 6. The molecule has 0 radical (unpaired) electrons. The van der Waals surface area contributed by atoms with Crippen molar-refractivity contribution in [2.75, 3.05) is 0 Å². The van der Waals surface area contributed by atoms with Gasteiger partial charge in [0, 0.05) is 61.8 Å². The molecule has 4 aromatic heterocycles. The monoisotopic (exact) mass is 717 g/mol. The molecule has 0 bridgehead atoms. The van der Waals surface area contributed by atoms with Gasteiger partial charge in [-0.3, -0.25) is 4.98 Å². The Kier molecular flexibility index (Phi) is 7.42. The van der Waals surface area contributed by atoms with Crippen LogP contribution >= 0.6 is 0 Å². The third kappa shape index (κ3) is 5.45. The fourth-order valence-corrected chi connectivity index (χ4v) is 7.86. The van der Waals surface area contributed by atoms with Crippen LogP contribution in [0.4, 0.5) is 0 Å². The molecular formula is C51H31N3O2. The highest BCUT2D eigenvalue weighted by molar-refractivity contribution is 6.17. The zero-order valence-corrected chi connectivity index (χ0v) is 30.1. The Balaban J connectivity index is 1.02. The zero-order valence-electron chi connectivity index (χ0n) is 30.1. The highest BCUT2D eigenvalue weighted by atomic mass is 16.3. The van der Waals surface area contributed by atoms with Gasteiger partial charge in [-0.2, -0.15) is 0 Å². The normalized spacial score (nSPS) is 11.6. The lowest BCUT2D eigenvalue weighted by molar-refractivity contribution is 0.668. The summed E-state index contributed by atoms with van der Waals surface area (Å²) in [6.45, 7) is 0. The molecule has 0 N–H and O–H groups in total. The smallest absolute Gasteiger partial charge is 0.160 e. The number of hydrogen-bond donors (Lipinski definition) is 0. The fourth-order valence-electron chi connectivity index (χ4n) is 7.86. The first-order chi connectivity index (χ1) is 27.7. The minimum absolute atomic E-state index is 0.663. The maximum Gasteiger partial charge on any atom is 0.160 e. The number of hydrogen-bond acceptors (Lipinski definition) is 5. The minimum Gasteiger partial charge on any atom is -0.456 e. The van der Waals surface area contributed by atoms with Crippen LogP contribution in [0.2, 0.25) is 0 Å². The maximum atomic E-state index is 6.67. The summed E-state index contributed by atoms with van der Waals surface area (Å²) in [6, 6.07) is 60.6. The molecule has 0 aliphatic heterocycles. The zero-order chi connectivity index (χ0) is 37.0. The van der Waals surface area contributed by atoms with Crippen molar-refractivity contribution in [1.82, 2.24) is 15.0 Å². The van der Waals surface area contributed by atoms with Crippen LogP contribution in [-0.4, -0.2) is 15.0 Å². The van der Waals surface area contributed by atoms with E-state index in [1.54, 1.807) is 6.20 Å². The Labute approximate surface area is 322 Å². The van der Waals surface area contributed by atoms with E-state index in [4.69, 9.17) is 18.8 Å². The van der Waals surface area contributed by atoms with Crippen molar-refractivity contribution in [2.45, 2.75) is 0 Å². The summed E-state index contributed by atoms with van der Waals surface area (Å²) >= 11 is 0. The lowest BCUT2D eigenvalue weighted by Crippen LogP contribution is -1.96. The molecule has 7 aromatic carbocycles. The van der Waals surface area contributed by atoms with Crippen LogP contribution in [0.1, 0.15) is 0 Å². The highest BCUT2D eigenvalue weighted by Crippen LogP contribution is 2.43. The van der Waals surface area contributed by atoms with Crippen LogP contribution in [0.25, 0.3) is 111 Å². The van der Waals surface area contributed by atoms with Crippen molar-refractivity contribution in [3.63, 3.8) is 0 Å². The Morgan fingerprint density at radius 3 is 1.82 bits per heavy atom. The predicted molar refractivity (Wildman–Crippen MR) is 227 cm³/mol. The second kappa shape index (κ2) is 13.0. The van der Waals surface area contributed by atoms with Crippen molar-refractivity contribution in [1.29, 1.82) is 0 Å². The minimum atomic E-state index is 0.663. The van der Waals surface area contributed by atoms with Gasteiger partial charge in [0.1, 0.15) is 22.3 Å². The summed E-state index contributed by atoms with van der Waals surface area (Å²) in [5.41, 5.74) is 14.6. The molecule has 0 aliphatic rings. The van der Waals surface area contributed by atoms with Gasteiger partial charge in [0.15, 0.2) is 5.82 Å². The molecule has 11 rings (SSSR count). The number of aromatic nitrogens is 3. The molecule has 0 atom stereocenters. The third-order valence-corrected chi connectivity index (χ3v) is 10.6. The molecule has 11 aromatic rings. The Morgan fingerprint density at radius 1 is 0.357 bits per heavy atom. The van der Waals surface area contributed by atoms with Crippen molar-refractivity contribution in [3.05, 3.63) is 188 Å². The number of rotatable bonds is 6. The van der Waals surface area contributed by atoms with Gasteiger partial charge in [-0.05, 0) is 70.8 Å². The van der Waals surface area contributed by atoms with Gasteiger partial charge in [0.2, 0.25) is 0 Å². The summed E-state index contributed by atoms with van der Waals surface area (Å²) in [6.07, 6.45) is 3.68. The average molecular weight is 718 g/mol. The van der Waals surface area contributed by atoms with E-state index in [9.17, 15) is 0 Å². The van der Waals surface area contributed by atoms with Crippen LogP contribution in [-0.2, 0) is 0 Å². The maximum absolute atomic E-state index is 6.67. The number of furan rings is 2. The van der Waals surface area contributed by atoms with Crippen molar-refractivity contribution in [3.8, 4) is 67.3 Å². The second-order valence-electron chi connectivity index (χ2n) is 14.0. The van der Waals surface area contributed by atoms with Gasteiger partial charge in [-0.1, -0.05) is 127 Å². The number of nitrogens with zero attached hydrogens (tertiary/aromatic N) is 3. The summed E-state index contributed by atoms with van der Waals surface area (Å²) in [7, 11) is 0. The van der Waals surface area contributed by atoms with E-state index in [0.29, 0.717) is 5.82 Å². The van der Waals surface area contributed by atoms with Gasteiger partial charge < -0.3 is 8.83 Å². The lowest BCUT2D eigenvalue weighted by atomic mass is 9.93. The van der Waals surface area contributed by atoms with E-state index in [1.807, 2.05) is 54.7 Å². The van der Waals surface area contributed by atoms with E-state index in [1.165, 1.54) is 0 Å². The summed E-state index contributed by atoms with van der Waals surface area (Å²) in [4.78, 5) is 14.6. The first-order valence-electron chi connectivity index (χ1n) is 18.7. The molecule has 262 valence electrons. The topological polar surface area (TPSA) is 65.0 Å². The standard InChI is InChI=1S/C51H31N3O2/c1-2-10-33(11-3-1)44-30-45(37-13-8-12-35(28-37)38-14-9-27-52-31-38)54-51(53-44)34-21-19-32(20-22-34)39-24-25-40(50-49(39)42-16-5-7-18-47(42)56-50)36-23-26-48-43(29-36)41-15-4-6-17-46(41)55-48/h1-31H. The van der Waals surface area contributed by atoms with Gasteiger partial charge in [0.05, 0.1) is 11.4 Å². The fraction of sp³-hybridized carbons (Fsp3) is 0. The van der Waals surface area contributed by atoms with Crippen LogP contribution in [0.3, 0.4) is 0 Å². The van der Waals surface area contributed by atoms with Gasteiger partial charge in [0.25, 0.3) is 0 Å². The van der Waals surface area contributed by atoms with Crippen molar-refractivity contribution < 1.29 is 8.83 Å². The largest absolute Gasteiger partial charge is 0.456 e. The van der Waals surface area contributed by atoms with E-state index < -0.39 is 0 Å².